The predicted octanol–water partition coefficient (Wildman–Crippen LogP) is 0.428. The highest BCUT2D eigenvalue weighted by molar-refractivity contribution is 7.53. The fourth-order valence-electron chi connectivity index (χ4n) is 4.53. The Balaban J connectivity index is 1.56. The quantitative estimate of drug-likeness (QED) is 0.182. The van der Waals surface area contributed by atoms with Gasteiger partial charge in [-0.3, -0.25) is 4.57 Å². The van der Waals surface area contributed by atoms with Gasteiger partial charge in [0.05, 0.1) is 26.0 Å². The second kappa shape index (κ2) is 10.5. The van der Waals surface area contributed by atoms with Gasteiger partial charge in [0.15, 0.2) is 5.65 Å². The molecule has 0 bridgehead atoms. The zero-order valence-corrected chi connectivity index (χ0v) is 20.7. The average Bonchev–Trinajstić information content (AvgIpc) is 3.52. The Kier molecular flexibility index (Phi) is 8.04. The Morgan fingerprint density at radius 2 is 2.03 bits per heavy atom. The number of nitrogens with zero attached hydrogens (tertiary/aromatic N) is 3. The number of anilines is 1. The molecule has 4 rings (SSSR count). The second-order valence-electron chi connectivity index (χ2n) is 8.89. The van der Waals surface area contributed by atoms with E-state index in [1.165, 1.54) is 13.3 Å². The van der Waals surface area contributed by atoms with Crippen LogP contribution in [0, 0.1) is 0 Å². The van der Waals surface area contributed by atoms with Gasteiger partial charge in [-0.25, -0.2) is 4.98 Å². The van der Waals surface area contributed by atoms with E-state index in [1.807, 2.05) is 0 Å². The predicted molar refractivity (Wildman–Crippen MR) is 123 cm³/mol. The Hall–Kier alpha value is -1.38. The molecular weight excluding hydrogens is 507 g/mol. The Bertz CT molecular complexity index is 1080. The molecule has 35 heavy (non-hydrogen) atoms. The summed E-state index contributed by atoms with van der Waals surface area (Å²) in [5.41, 5.74) is 0.700. The molecule has 0 radical (unpaired) electrons. The van der Waals surface area contributed by atoms with Gasteiger partial charge >= 0.3 is 7.60 Å². The van der Waals surface area contributed by atoms with Crippen LogP contribution in [0.15, 0.2) is 12.3 Å². The molecule has 196 valence electrons. The maximum Gasteiger partial charge on any atom is 0.361 e. The van der Waals surface area contributed by atoms with E-state index in [0.29, 0.717) is 17.0 Å². The number of nitrogens with one attached hydrogen (secondary N) is 1. The van der Waals surface area contributed by atoms with Gasteiger partial charge in [-0.1, -0.05) is 24.4 Å². The van der Waals surface area contributed by atoms with Crippen LogP contribution in [0.25, 0.3) is 5.65 Å². The number of ether oxygens (including phenoxy) is 3. The zero-order valence-electron chi connectivity index (χ0n) is 19.0. The van der Waals surface area contributed by atoms with Crippen LogP contribution in [0.3, 0.4) is 0 Å². The molecule has 2 fully saturated rings. The van der Waals surface area contributed by atoms with Gasteiger partial charge in [0.2, 0.25) is 5.34 Å². The number of rotatable bonds is 10. The molecule has 1 unspecified atom stereocenters. The van der Waals surface area contributed by atoms with E-state index >= 15 is 0 Å². The van der Waals surface area contributed by atoms with Gasteiger partial charge in [-0.05, 0) is 12.8 Å². The summed E-state index contributed by atoms with van der Waals surface area (Å²) in [6.07, 6.45) is 0.680. The van der Waals surface area contributed by atoms with Crippen LogP contribution in [-0.4, -0.2) is 96.3 Å². The first-order chi connectivity index (χ1) is 16.6. The van der Waals surface area contributed by atoms with Crippen molar-refractivity contribution in [2.45, 2.75) is 61.5 Å². The Morgan fingerprint density at radius 3 is 2.66 bits per heavy atom. The lowest BCUT2D eigenvalue weighted by molar-refractivity contribution is -0.119. The number of halogens is 1. The van der Waals surface area contributed by atoms with Crippen molar-refractivity contribution in [3.63, 3.8) is 0 Å². The normalized spacial score (nSPS) is 27.5. The van der Waals surface area contributed by atoms with E-state index in [4.69, 9.17) is 25.8 Å². The lowest BCUT2D eigenvalue weighted by Gasteiger charge is -2.32. The van der Waals surface area contributed by atoms with E-state index in [2.05, 4.69) is 15.4 Å². The van der Waals surface area contributed by atoms with Gasteiger partial charge in [0.25, 0.3) is 0 Å². The van der Waals surface area contributed by atoms with Crippen LogP contribution >= 0.6 is 19.2 Å². The summed E-state index contributed by atoms with van der Waals surface area (Å²) in [6.45, 7) is -2.17. The molecule has 2 aromatic rings. The van der Waals surface area contributed by atoms with Crippen LogP contribution in [0.2, 0.25) is 5.15 Å². The summed E-state index contributed by atoms with van der Waals surface area (Å²) in [5, 5.41) is 36.6. The minimum atomic E-state index is -4.98. The van der Waals surface area contributed by atoms with Crippen molar-refractivity contribution in [2.75, 3.05) is 32.2 Å². The maximum absolute atomic E-state index is 11.9. The van der Waals surface area contributed by atoms with E-state index in [9.17, 15) is 29.7 Å². The largest absolute Gasteiger partial charge is 0.393 e. The summed E-state index contributed by atoms with van der Waals surface area (Å²) >= 11 is 6.25. The molecule has 0 spiro atoms. The van der Waals surface area contributed by atoms with Crippen molar-refractivity contribution in [1.82, 2.24) is 14.6 Å². The number of aliphatic hydroxyl groups is 3. The summed E-state index contributed by atoms with van der Waals surface area (Å²) in [5.74, 6) is 0.639. The van der Waals surface area contributed by atoms with Crippen molar-refractivity contribution in [3.05, 3.63) is 23.0 Å². The second-order valence-corrected chi connectivity index (χ2v) is 11.2. The van der Waals surface area contributed by atoms with E-state index in [-0.39, 0.29) is 11.2 Å². The van der Waals surface area contributed by atoms with Crippen LogP contribution in [0.4, 0.5) is 5.82 Å². The Labute approximate surface area is 206 Å². The lowest BCUT2D eigenvalue weighted by Crippen LogP contribution is -2.44. The first-order valence-electron chi connectivity index (χ1n) is 11.2. The molecule has 5 atom stereocenters. The van der Waals surface area contributed by atoms with E-state index in [0.717, 1.165) is 25.7 Å². The van der Waals surface area contributed by atoms with Gasteiger partial charge in [-0.15, -0.1) is 0 Å². The molecule has 0 amide bonds. The molecule has 1 saturated carbocycles. The topological polar surface area (TPSA) is 188 Å². The molecule has 3 heterocycles. The Morgan fingerprint density at radius 1 is 1.31 bits per heavy atom. The van der Waals surface area contributed by atoms with Gasteiger partial charge in [0, 0.05) is 24.8 Å². The maximum atomic E-state index is 11.9. The number of methoxy groups -OCH3 is 1. The number of aliphatic hydroxyl groups excluding tert-OH is 3. The third kappa shape index (κ3) is 5.21. The van der Waals surface area contributed by atoms with Crippen molar-refractivity contribution in [2.24, 2.45) is 0 Å². The molecule has 6 N–H and O–H groups in total. The van der Waals surface area contributed by atoms with Crippen molar-refractivity contribution in [3.8, 4) is 0 Å². The number of hydrogen-bond acceptors (Lipinski definition) is 10. The fraction of sp³-hybridized carbons (Fsp3) is 0.700. The smallest absolute Gasteiger partial charge is 0.361 e. The molecular formula is C20H30ClN4O9P. The fourth-order valence-corrected chi connectivity index (χ4v) is 5.44. The molecule has 13 nitrogen and oxygen atoms in total. The molecule has 0 aromatic carbocycles. The van der Waals surface area contributed by atoms with Gasteiger partial charge < -0.3 is 44.6 Å². The highest BCUT2D eigenvalue weighted by Crippen LogP contribution is 2.51. The summed E-state index contributed by atoms with van der Waals surface area (Å²) in [6, 6.07) is 1.95. The minimum absolute atomic E-state index is 0.210. The number of fused-ring (bicyclic) bond motifs is 1. The van der Waals surface area contributed by atoms with Crippen LogP contribution in [-0.2, 0) is 18.8 Å². The summed E-state index contributed by atoms with van der Waals surface area (Å²) in [4.78, 5) is 23.7. The third-order valence-electron chi connectivity index (χ3n) is 6.51. The zero-order chi connectivity index (χ0) is 25.4. The summed E-state index contributed by atoms with van der Waals surface area (Å²) in [7, 11) is -3.78. The van der Waals surface area contributed by atoms with Crippen LogP contribution in [0.1, 0.15) is 37.4 Å². The molecule has 2 aromatic heterocycles. The minimum Gasteiger partial charge on any atom is -0.393 e. The first kappa shape index (κ1) is 26.7. The standard InChI is InChI=1S/C20H30ClN4O9P/c1-32-10-20(9-26,35(29,30)31)33-8-13-16(27)17(28)18(34-13)12-7-22-25-15(6-14(21)24-19(12)25)23-11-4-2-3-5-11/h6-7,11,13,16-18,23,26-28H,2-5,8-10H2,1H3,(H2,29,30,31)/t13-,16-,17-,18+,20?/m1/s1. The first-order valence-corrected chi connectivity index (χ1v) is 13.2. The SMILES string of the molecule is COCC(CO)(OC[C@H]1O[C@@H](c2cnn3c(NC4CCCC4)cc(Cl)nc23)[C@H](O)[C@@H]1O)P(=O)(O)O. The molecule has 1 aliphatic heterocycles. The van der Waals surface area contributed by atoms with Gasteiger partial charge in [-0.2, -0.15) is 9.61 Å². The van der Waals surface area contributed by atoms with Crippen LogP contribution in [0.5, 0.6) is 0 Å². The van der Waals surface area contributed by atoms with E-state index < -0.39 is 57.2 Å². The number of aromatic nitrogens is 3. The molecule has 15 heteroatoms. The molecule has 1 aliphatic carbocycles. The van der Waals surface area contributed by atoms with Crippen molar-refractivity contribution < 1.29 is 43.9 Å². The lowest BCUT2D eigenvalue weighted by atomic mass is 10.0. The highest BCUT2D eigenvalue weighted by atomic mass is 35.5. The van der Waals surface area contributed by atoms with Gasteiger partial charge in [0.1, 0.15) is 35.4 Å². The van der Waals surface area contributed by atoms with Crippen molar-refractivity contribution in [1.29, 1.82) is 0 Å². The molecule has 1 saturated heterocycles. The van der Waals surface area contributed by atoms with E-state index in [1.54, 1.807) is 10.6 Å². The highest BCUT2D eigenvalue weighted by Gasteiger charge is 2.51. The van der Waals surface area contributed by atoms with Crippen molar-refractivity contribution >= 4 is 30.7 Å². The average molecular weight is 537 g/mol. The number of hydrogen-bond donors (Lipinski definition) is 6. The molecule has 2 aliphatic rings. The third-order valence-corrected chi connectivity index (χ3v) is 8.16. The monoisotopic (exact) mass is 536 g/mol. The summed E-state index contributed by atoms with van der Waals surface area (Å²) < 4.78 is 29.5. The van der Waals surface area contributed by atoms with Crippen LogP contribution < -0.4 is 5.32 Å².